The molecule has 4 rings (SSSR count). The van der Waals surface area contributed by atoms with Crippen molar-refractivity contribution in [2.45, 2.75) is 143 Å². The largest absolute Gasteiger partial charge is 0.394 e. The molecule has 50 heavy (non-hydrogen) atoms. The summed E-state index contributed by atoms with van der Waals surface area (Å²) in [6.45, 7) is 1.04. The van der Waals surface area contributed by atoms with Gasteiger partial charge in [0.25, 0.3) is 0 Å². The molecule has 2 amide bonds. The number of hydrogen-bond donors (Lipinski definition) is 13. The number of amides is 2. The normalized spacial score (nSPS) is 48.5. The van der Waals surface area contributed by atoms with E-state index in [-0.39, 0.29) is 0 Å². The van der Waals surface area contributed by atoms with Gasteiger partial charge in [-0.25, -0.2) is 0 Å². The summed E-state index contributed by atoms with van der Waals surface area (Å²) in [5.41, 5.74) is 0. The topological polar surface area (TPSA) is 345 Å². The van der Waals surface area contributed by atoms with Gasteiger partial charge in [0.1, 0.15) is 91.4 Å². The molecule has 0 aromatic rings. The summed E-state index contributed by atoms with van der Waals surface area (Å²) in [5, 5.41) is 120. The van der Waals surface area contributed by atoms with Crippen molar-refractivity contribution in [2.75, 3.05) is 19.8 Å². The Balaban J connectivity index is 1.53. The molecular weight excluding hydrogens is 684 g/mol. The fourth-order valence-corrected chi connectivity index (χ4v) is 6.30. The molecule has 13 N–H and O–H groups in total. The summed E-state index contributed by atoms with van der Waals surface area (Å²) in [6.07, 6.45) is -29.8. The molecule has 0 unspecified atom stereocenters. The number of aliphatic hydroxyl groups is 11. The van der Waals surface area contributed by atoms with Gasteiger partial charge in [-0.3, -0.25) is 9.59 Å². The van der Waals surface area contributed by atoms with Crippen LogP contribution in [0.1, 0.15) is 20.8 Å². The van der Waals surface area contributed by atoms with E-state index in [4.69, 9.17) is 33.2 Å². The van der Waals surface area contributed by atoms with Crippen molar-refractivity contribution in [3.8, 4) is 0 Å². The van der Waals surface area contributed by atoms with E-state index in [1.54, 1.807) is 0 Å². The molecule has 0 bridgehead atoms. The molecule has 4 heterocycles. The van der Waals surface area contributed by atoms with Gasteiger partial charge in [0.2, 0.25) is 11.8 Å². The van der Waals surface area contributed by atoms with Gasteiger partial charge in [0.15, 0.2) is 25.2 Å². The van der Waals surface area contributed by atoms with Crippen LogP contribution in [0, 0.1) is 0 Å². The van der Waals surface area contributed by atoms with Gasteiger partial charge in [-0.2, -0.15) is 0 Å². The maximum Gasteiger partial charge on any atom is 0.217 e. The summed E-state index contributed by atoms with van der Waals surface area (Å²) in [7, 11) is 0. The summed E-state index contributed by atoms with van der Waals surface area (Å²) < 4.78 is 39.2. The first-order valence-electron chi connectivity index (χ1n) is 15.9. The third-order valence-electron chi connectivity index (χ3n) is 8.97. The van der Waals surface area contributed by atoms with E-state index >= 15 is 0 Å². The number of ether oxygens (including phenoxy) is 7. The zero-order chi connectivity index (χ0) is 37.2. The third-order valence-corrected chi connectivity index (χ3v) is 8.97. The van der Waals surface area contributed by atoms with Crippen LogP contribution in [-0.4, -0.2) is 211 Å². The van der Waals surface area contributed by atoms with Gasteiger partial charge in [0, 0.05) is 13.8 Å². The lowest BCUT2D eigenvalue weighted by Crippen LogP contribution is -2.70. The molecule has 22 nitrogen and oxygen atoms in total. The quantitative estimate of drug-likeness (QED) is 0.0938. The Hall–Kier alpha value is -1.78. The number of carbonyl (C=O) groups excluding carboxylic acids is 2. The highest BCUT2D eigenvalue weighted by molar-refractivity contribution is 5.73. The van der Waals surface area contributed by atoms with Crippen molar-refractivity contribution in [3.05, 3.63) is 0 Å². The first-order chi connectivity index (χ1) is 23.5. The molecular formula is C28H48N2O20. The molecule has 0 saturated carbocycles. The Morgan fingerprint density at radius 3 is 1.54 bits per heavy atom. The molecule has 0 spiro atoms. The average Bonchev–Trinajstić information content (AvgIpc) is 3.07. The second kappa shape index (κ2) is 17.4. The predicted molar refractivity (Wildman–Crippen MR) is 156 cm³/mol. The van der Waals surface area contributed by atoms with Gasteiger partial charge < -0.3 is 100.0 Å². The molecule has 0 radical (unpaired) electrons. The van der Waals surface area contributed by atoms with E-state index in [9.17, 15) is 65.8 Å². The van der Waals surface area contributed by atoms with Crippen molar-refractivity contribution in [1.29, 1.82) is 0 Å². The van der Waals surface area contributed by atoms with E-state index in [2.05, 4.69) is 10.6 Å². The number of hydrogen-bond acceptors (Lipinski definition) is 20. The van der Waals surface area contributed by atoms with E-state index in [1.807, 2.05) is 0 Å². The number of carbonyl (C=O) groups is 2. The van der Waals surface area contributed by atoms with E-state index in [0.29, 0.717) is 0 Å². The molecule has 4 saturated heterocycles. The predicted octanol–water partition coefficient (Wildman–Crippen LogP) is -8.43. The minimum absolute atomic E-state index is 0.668. The van der Waals surface area contributed by atoms with E-state index in [1.165, 1.54) is 6.92 Å². The molecule has 4 aliphatic heterocycles. The van der Waals surface area contributed by atoms with Crippen LogP contribution in [0.2, 0.25) is 0 Å². The Morgan fingerprint density at radius 2 is 0.980 bits per heavy atom. The molecule has 0 aromatic heterocycles. The molecule has 4 aliphatic rings. The van der Waals surface area contributed by atoms with Crippen molar-refractivity contribution < 1.29 is 98.9 Å². The van der Waals surface area contributed by atoms with Crippen LogP contribution in [0.4, 0.5) is 0 Å². The Labute approximate surface area is 285 Å². The molecule has 22 heteroatoms. The third kappa shape index (κ3) is 8.70. The smallest absolute Gasteiger partial charge is 0.217 e. The van der Waals surface area contributed by atoms with Crippen LogP contribution in [0.3, 0.4) is 0 Å². The Bertz CT molecular complexity index is 1120. The minimum atomic E-state index is -2.02. The molecule has 0 aromatic carbocycles. The Kier molecular flexibility index (Phi) is 14.2. The molecule has 20 atom stereocenters. The fourth-order valence-electron chi connectivity index (χ4n) is 6.30. The SMILES string of the molecule is CC(=O)N[C@@H]1[C@@H](O[C@@H]2O[C@H](CO)[C@H](O[C@H]3O[C@H](CO)[C@@H](O[C@@H]4O[C@@H](C)[C@H](O)[C@@H](O)[C@H]4O)[C@H](O)[C@H]3NC(C)=O)[C@H](O)[C@H]2O)[C@@H](O)[C@@H](CO)O[C@@H]1O. The van der Waals surface area contributed by atoms with Crippen LogP contribution >= 0.6 is 0 Å². The zero-order valence-electron chi connectivity index (χ0n) is 27.3. The van der Waals surface area contributed by atoms with Crippen LogP contribution in [0.25, 0.3) is 0 Å². The standard InChI is InChI=1S/C28H48N2O20/c1-7-15(36)18(39)20(41)27(44-7)49-22-11(5-32)46-26(13(17(22)38)29-8(2)34)48-23-12(6-33)47-28(21(42)19(23)40)50-24-14(30-9(3)35)25(43)45-10(4-31)16(24)37/h7,10-28,31-33,36-43H,4-6H2,1-3H3,(H,29,34)(H,30,35)/t7-,10+,11+,12+,13+,14+,15-,16-,17+,18+,19+,20+,21+,22+,23-,24+,25-,26+,27-,28-/m0/s1. The highest BCUT2D eigenvalue weighted by atomic mass is 16.8. The maximum atomic E-state index is 12.2. The lowest BCUT2D eigenvalue weighted by atomic mass is 9.94. The minimum Gasteiger partial charge on any atom is -0.394 e. The van der Waals surface area contributed by atoms with Crippen molar-refractivity contribution in [3.63, 3.8) is 0 Å². The second-order valence-corrected chi connectivity index (χ2v) is 12.6. The average molecular weight is 733 g/mol. The lowest BCUT2D eigenvalue weighted by molar-refractivity contribution is -0.374. The van der Waals surface area contributed by atoms with Gasteiger partial charge in [-0.1, -0.05) is 0 Å². The summed E-state index contributed by atoms with van der Waals surface area (Å²) >= 11 is 0. The van der Waals surface area contributed by atoms with Crippen LogP contribution in [0.15, 0.2) is 0 Å². The maximum absolute atomic E-state index is 12.2. The van der Waals surface area contributed by atoms with Crippen LogP contribution in [0.5, 0.6) is 0 Å². The van der Waals surface area contributed by atoms with Gasteiger partial charge >= 0.3 is 0 Å². The zero-order valence-corrected chi connectivity index (χ0v) is 27.3. The molecule has 290 valence electrons. The number of aliphatic hydroxyl groups excluding tert-OH is 11. The molecule has 4 fully saturated rings. The van der Waals surface area contributed by atoms with E-state index < -0.39 is 154 Å². The van der Waals surface area contributed by atoms with Crippen molar-refractivity contribution in [1.82, 2.24) is 10.6 Å². The molecule has 0 aliphatic carbocycles. The van der Waals surface area contributed by atoms with Crippen molar-refractivity contribution in [2.24, 2.45) is 0 Å². The van der Waals surface area contributed by atoms with Crippen LogP contribution < -0.4 is 10.6 Å². The first-order valence-corrected chi connectivity index (χ1v) is 15.9. The number of nitrogens with one attached hydrogen (secondary N) is 2. The van der Waals surface area contributed by atoms with Gasteiger partial charge in [-0.05, 0) is 6.92 Å². The van der Waals surface area contributed by atoms with Gasteiger partial charge in [0.05, 0.1) is 25.9 Å². The van der Waals surface area contributed by atoms with Crippen LogP contribution in [-0.2, 0) is 42.7 Å². The lowest BCUT2D eigenvalue weighted by Gasteiger charge is -2.50. The second-order valence-electron chi connectivity index (χ2n) is 12.6. The highest BCUT2D eigenvalue weighted by Gasteiger charge is 2.55. The van der Waals surface area contributed by atoms with E-state index in [0.717, 1.165) is 13.8 Å². The van der Waals surface area contributed by atoms with Gasteiger partial charge in [-0.15, -0.1) is 0 Å². The first kappa shape index (κ1) is 41.0. The summed E-state index contributed by atoms with van der Waals surface area (Å²) in [5.74, 6) is -1.38. The fraction of sp³-hybridized carbons (Fsp3) is 0.929. The number of rotatable bonds is 11. The summed E-state index contributed by atoms with van der Waals surface area (Å²) in [6, 6.07) is -2.99. The van der Waals surface area contributed by atoms with Crippen molar-refractivity contribution >= 4 is 11.8 Å². The highest BCUT2D eigenvalue weighted by Crippen LogP contribution is 2.34. The Morgan fingerprint density at radius 1 is 0.520 bits per heavy atom. The monoisotopic (exact) mass is 732 g/mol. The summed E-state index contributed by atoms with van der Waals surface area (Å²) in [4.78, 5) is 23.9.